The van der Waals surface area contributed by atoms with E-state index in [2.05, 4.69) is 37.9 Å². The molecule has 4 rings (SSSR count). The molecule has 1 saturated heterocycles. The van der Waals surface area contributed by atoms with Gasteiger partial charge in [-0.3, -0.25) is 4.79 Å². The number of hydrogen-bond acceptors (Lipinski definition) is 4. The zero-order chi connectivity index (χ0) is 24.2. The molecular formula is C25H27IN4O4. The molecule has 178 valence electrons. The molecule has 2 heterocycles. The van der Waals surface area contributed by atoms with Gasteiger partial charge in [0.25, 0.3) is 0 Å². The maximum Gasteiger partial charge on any atom is 0.405 e. The van der Waals surface area contributed by atoms with E-state index in [4.69, 9.17) is 9.84 Å². The Morgan fingerprint density at radius 1 is 1.24 bits per heavy atom. The Hall–Kier alpha value is -3.08. The molecule has 9 heteroatoms. The van der Waals surface area contributed by atoms with Crippen LogP contribution in [-0.2, 0) is 4.79 Å². The van der Waals surface area contributed by atoms with Gasteiger partial charge in [-0.05, 0) is 65.6 Å². The Kier molecular flexibility index (Phi) is 7.40. The number of rotatable bonds is 7. The normalized spacial score (nSPS) is 16.5. The number of nitrogens with zero attached hydrogens (tertiary/aromatic N) is 2. The maximum atomic E-state index is 13.2. The molecule has 8 nitrogen and oxygen atoms in total. The molecule has 34 heavy (non-hydrogen) atoms. The number of aromatic amines is 1. The SMILES string of the molecule is CC(C)[C@H](NC(=O)O)C(=O)N1CCCC1c1ncc(-c2ccc(I)c(Oc3ccccc3)c2)[nH]1. The molecule has 2 aromatic carbocycles. The van der Waals surface area contributed by atoms with Gasteiger partial charge in [0.05, 0.1) is 21.5 Å². The molecule has 0 aliphatic carbocycles. The second-order valence-corrected chi connectivity index (χ2v) is 9.77. The standard InChI is InChI=1S/C25H27IN4O4/c1-15(2)22(29-25(32)33)24(31)30-12-6-9-20(30)23-27-14-19(28-23)16-10-11-18(26)21(13-16)34-17-7-4-3-5-8-17/h3-5,7-8,10-11,13-15,20,22,29H,6,9,12H2,1-2H3,(H,27,28)(H,32,33)/t20?,22-/m0/s1. The van der Waals surface area contributed by atoms with Crippen LogP contribution in [0.4, 0.5) is 4.79 Å². The minimum atomic E-state index is -1.20. The summed E-state index contributed by atoms with van der Waals surface area (Å²) in [5.41, 5.74) is 1.75. The van der Waals surface area contributed by atoms with Crippen LogP contribution in [0.15, 0.2) is 54.7 Å². The second kappa shape index (κ2) is 10.5. The second-order valence-electron chi connectivity index (χ2n) is 8.60. The zero-order valence-corrected chi connectivity index (χ0v) is 21.2. The third kappa shape index (κ3) is 5.35. The van der Waals surface area contributed by atoms with E-state index in [9.17, 15) is 9.59 Å². The first-order valence-electron chi connectivity index (χ1n) is 11.2. The first-order valence-corrected chi connectivity index (χ1v) is 12.3. The number of hydrogen-bond donors (Lipinski definition) is 3. The average Bonchev–Trinajstić information content (AvgIpc) is 3.48. The lowest BCUT2D eigenvalue weighted by Gasteiger charge is -2.29. The molecule has 0 radical (unpaired) electrons. The molecule has 0 bridgehead atoms. The van der Waals surface area contributed by atoms with Gasteiger partial charge in [0, 0.05) is 12.1 Å². The largest absolute Gasteiger partial charge is 0.465 e. The van der Waals surface area contributed by atoms with Gasteiger partial charge < -0.3 is 25.0 Å². The quantitative estimate of drug-likeness (QED) is 0.327. The van der Waals surface area contributed by atoms with Gasteiger partial charge in [0.15, 0.2) is 0 Å². The van der Waals surface area contributed by atoms with Crippen molar-refractivity contribution < 1.29 is 19.4 Å². The first kappa shape index (κ1) is 24.1. The minimum Gasteiger partial charge on any atom is -0.465 e. The van der Waals surface area contributed by atoms with Crippen molar-refractivity contribution in [1.29, 1.82) is 0 Å². The van der Waals surface area contributed by atoms with Gasteiger partial charge >= 0.3 is 6.09 Å². The van der Waals surface area contributed by atoms with Crippen molar-refractivity contribution in [1.82, 2.24) is 20.2 Å². The van der Waals surface area contributed by atoms with E-state index in [-0.39, 0.29) is 17.9 Å². The van der Waals surface area contributed by atoms with E-state index >= 15 is 0 Å². The molecule has 1 aromatic heterocycles. The predicted octanol–water partition coefficient (Wildman–Crippen LogP) is 5.43. The molecule has 2 atom stereocenters. The molecule has 3 N–H and O–H groups in total. The molecule has 2 amide bonds. The van der Waals surface area contributed by atoms with Crippen LogP contribution in [0.2, 0.25) is 0 Å². The lowest BCUT2D eigenvalue weighted by molar-refractivity contribution is -0.135. The Bertz CT molecular complexity index is 1160. The number of ether oxygens (including phenoxy) is 1. The Morgan fingerprint density at radius 3 is 2.71 bits per heavy atom. The van der Waals surface area contributed by atoms with Crippen molar-refractivity contribution in [2.45, 2.75) is 38.8 Å². The number of H-pyrrole nitrogens is 1. The maximum absolute atomic E-state index is 13.2. The highest BCUT2D eigenvalue weighted by atomic mass is 127. The summed E-state index contributed by atoms with van der Waals surface area (Å²) in [6.07, 6.45) is 2.17. The highest BCUT2D eigenvalue weighted by Crippen LogP contribution is 2.34. The molecule has 0 spiro atoms. The van der Waals surface area contributed by atoms with E-state index in [1.165, 1.54) is 0 Å². The lowest BCUT2D eigenvalue weighted by atomic mass is 10.0. The summed E-state index contributed by atoms with van der Waals surface area (Å²) >= 11 is 2.25. The van der Waals surface area contributed by atoms with Crippen LogP contribution in [0.5, 0.6) is 11.5 Å². The number of amides is 2. The number of nitrogens with one attached hydrogen (secondary N) is 2. The van der Waals surface area contributed by atoms with Crippen molar-refractivity contribution in [2.75, 3.05) is 6.54 Å². The molecule has 1 aliphatic rings. The Labute approximate surface area is 211 Å². The van der Waals surface area contributed by atoms with Gasteiger partial charge in [-0.25, -0.2) is 9.78 Å². The molecule has 1 aliphatic heterocycles. The van der Waals surface area contributed by atoms with Gasteiger partial charge in [0.1, 0.15) is 23.4 Å². The minimum absolute atomic E-state index is 0.160. The van der Waals surface area contributed by atoms with Gasteiger partial charge in [-0.2, -0.15) is 0 Å². The summed E-state index contributed by atoms with van der Waals surface area (Å²) in [5, 5.41) is 11.5. The fourth-order valence-corrected chi connectivity index (χ4v) is 4.60. The fourth-order valence-electron chi connectivity index (χ4n) is 4.16. The van der Waals surface area contributed by atoms with Gasteiger partial charge in [-0.15, -0.1) is 0 Å². The van der Waals surface area contributed by atoms with Gasteiger partial charge in [-0.1, -0.05) is 38.1 Å². The van der Waals surface area contributed by atoms with Crippen LogP contribution in [0.25, 0.3) is 11.3 Å². The van der Waals surface area contributed by atoms with E-state index in [0.29, 0.717) is 12.4 Å². The number of imidazole rings is 1. The Morgan fingerprint density at radius 2 is 2.00 bits per heavy atom. The topological polar surface area (TPSA) is 108 Å². The number of carboxylic acid groups (broad SMARTS) is 1. The van der Waals surface area contributed by atoms with Crippen LogP contribution in [0, 0.1) is 9.49 Å². The van der Waals surface area contributed by atoms with E-state index in [0.717, 1.165) is 39.2 Å². The van der Waals surface area contributed by atoms with Crippen LogP contribution < -0.4 is 10.1 Å². The Balaban J connectivity index is 1.55. The summed E-state index contributed by atoms with van der Waals surface area (Å²) < 4.78 is 7.05. The number of aromatic nitrogens is 2. The summed E-state index contributed by atoms with van der Waals surface area (Å²) in [5.74, 6) is 1.83. The number of para-hydroxylation sites is 1. The number of benzene rings is 2. The third-order valence-corrected chi connectivity index (χ3v) is 6.76. The molecule has 1 fully saturated rings. The molecule has 0 saturated carbocycles. The third-order valence-electron chi connectivity index (χ3n) is 5.87. The summed E-state index contributed by atoms with van der Waals surface area (Å²) in [4.78, 5) is 34.1. The van der Waals surface area contributed by atoms with E-state index < -0.39 is 12.1 Å². The van der Waals surface area contributed by atoms with Crippen LogP contribution in [-0.4, -0.2) is 44.6 Å². The van der Waals surface area contributed by atoms with Crippen molar-refractivity contribution in [3.05, 3.63) is 64.1 Å². The van der Waals surface area contributed by atoms with Crippen molar-refractivity contribution in [3.63, 3.8) is 0 Å². The summed E-state index contributed by atoms with van der Waals surface area (Å²) in [6.45, 7) is 4.24. The number of halogens is 1. The average molecular weight is 574 g/mol. The van der Waals surface area contributed by atoms with E-state index in [1.807, 2.05) is 62.4 Å². The highest BCUT2D eigenvalue weighted by molar-refractivity contribution is 14.1. The predicted molar refractivity (Wildman–Crippen MR) is 137 cm³/mol. The summed E-state index contributed by atoms with van der Waals surface area (Å²) in [7, 11) is 0. The van der Waals surface area contributed by atoms with Crippen molar-refractivity contribution in [3.8, 4) is 22.8 Å². The van der Waals surface area contributed by atoms with Gasteiger partial charge in [0.2, 0.25) is 5.91 Å². The zero-order valence-electron chi connectivity index (χ0n) is 19.0. The van der Waals surface area contributed by atoms with Crippen LogP contribution in [0.1, 0.15) is 38.6 Å². The molecule has 3 aromatic rings. The number of carbonyl (C=O) groups is 2. The summed E-state index contributed by atoms with van der Waals surface area (Å²) in [6, 6.07) is 14.6. The first-order chi connectivity index (χ1) is 16.3. The smallest absolute Gasteiger partial charge is 0.405 e. The highest BCUT2D eigenvalue weighted by Gasteiger charge is 2.37. The van der Waals surface area contributed by atoms with E-state index in [1.54, 1.807) is 11.1 Å². The fraction of sp³-hybridized carbons (Fsp3) is 0.320. The monoisotopic (exact) mass is 574 g/mol. The lowest BCUT2D eigenvalue weighted by Crippen LogP contribution is -2.50. The van der Waals surface area contributed by atoms with Crippen molar-refractivity contribution >= 4 is 34.6 Å². The molecular weight excluding hydrogens is 547 g/mol. The van der Waals surface area contributed by atoms with Crippen molar-refractivity contribution in [2.24, 2.45) is 5.92 Å². The number of carbonyl (C=O) groups excluding carboxylic acids is 1. The molecule has 1 unspecified atom stereocenters. The van der Waals surface area contributed by atoms with Crippen LogP contribution >= 0.6 is 22.6 Å². The van der Waals surface area contributed by atoms with Crippen LogP contribution in [0.3, 0.4) is 0 Å². The number of likely N-dealkylation sites (tertiary alicyclic amines) is 1.